The highest BCUT2D eigenvalue weighted by Gasteiger charge is 2.29. The van der Waals surface area contributed by atoms with E-state index in [1.54, 1.807) is 4.90 Å². The van der Waals surface area contributed by atoms with Gasteiger partial charge in [0.25, 0.3) is 0 Å². The first kappa shape index (κ1) is 10.5. The van der Waals surface area contributed by atoms with Gasteiger partial charge in [0, 0.05) is 32.0 Å². The molecule has 0 saturated carbocycles. The largest absolute Gasteiger partial charge is 0.396 e. The highest BCUT2D eigenvalue weighted by molar-refractivity contribution is 5.77. The maximum Gasteiger partial charge on any atom is 0.222 e. The summed E-state index contributed by atoms with van der Waals surface area (Å²) in [6.45, 7) is 4.15. The summed E-state index contributed by atoms with van der Waals surface area (Å²) in [6, 6.07) is 0. The maximum absolute atomic E-state index is 11.4. The van der Waals surface area contributed by atoms with Crippen molar-refractivity contribution >= 4 is 5.91 Å². The molecule has 0 aromatic carbocycles. The summed E-state index contributed by atoms with van der Waals surface area (Å²) in [4.78, 5) is 13.2. The summed E-state index contributed by atoms with van der Waals surface area (Å²) in [5.41, 5.74) is 5.42. The number of nitrogens with zero attached hydrogens (tertiary/aromatic N) is 1. The van der Waals surface area contributed by atoms with E-state index < -0.39 is 0 Å². The van der Waals surface area contributed by atoms with Crippen LogP contribution >= 0.6 is 0 Å². The fraction of sp³-hybridized carbons (Fsp3) is 0.889. The van der Waals surface area contributed by atoms with E-state index in [-0.39, 0.29) is 18.4 Å². The molecular weight excluding hydrogens is 168 g/mol. The third kappa shape index (κ3) is 2.67. The zero-order valence-electron chi connectivity index (χ0n) is 8.07. The van der Waals surface area contributed by atoms with Crippen molar-refractivity contribution in [2.45, 2.75) is 13.3 Å². The minimum atomic E-state index is 0.169. The van der Waals surface area contributed by atoms with Crippen LogP contribution in [-0.2, 0) is 4.79 Å². The van der Waals surface area contributed by atoms with E-state index in [9.17, 15) is 4.79 Å². The minimum Gasteiger partial charge on any atom is -0.396 e. The molecule has 0 aliphatic carbocycles. The summed E-state index contributed by atoms with van der Waals surface area (Å²) in [6.07, 6.45) is 0.536. The molecule has 1 heterocycles. The number of nitrogens with two attached hydrogens (primary N) is 1. The van der Waals surface area contributed by atoms with Gasteiger partial charge in [0.2, 0.25) is 5.91 Å². The van der Waals surface area contributed by atoms with Crippen LogP contribution in [0.2, 0.25) is 0 Å². The lowest BCUT2D eigenvalue weighted by Crippen LogP contribution is -2.51. The molecule has 1 unspecified atom stereocenters. The standard InChI is InChI=1S/C9H18N2O2/c1-7(3-10)2-9(13)11-4-8(5-11)6-12/h7-8,12H,2-6,10H2,1H3. The molecule has 1 saturated heterocycles. The van der Waals surface area contributed by atoms with Crippen molar-refractivity contribution in [1.82, 2.24) is 4.90 Å². The van der Waals surface area contributed by atoms with E-state index in [2.05, 4.69) is 0 Å². The van der Waals surface area contributed by atoms with E-state index in [1.165, 1.54) is 0 Å². The van der Waals surface area contributed by atoms with Crippen molar-refractivity contribution in [3.8, 4) is 0 Å². The number of aliphatic hydroxyl groups is 1. The average Bonchev–Trinajstić information content (AvgIpc) is 2.02. The fourth-order valence-corrected chi connectivity index (χ4v) is 1.40. The number of likely N-dealkylation sites (tertiary alicyclic amines) is 1. The molecule has 1 amide bonds. The molecule has 0 bridgehead atoms. The van der Waals surface area contributed by atoms with Crippen LogP contribution in [0.4, 0.5) is 0 Å². The van der Waals surface area contributed by atoms with Crippen LogP contribution in [0.25, 0.3) is 0 Å². The molecule has 76 valence electrons. The number of hydrogen-bond donors (Lipinski definition) is 2. The molecule has 1 aliphatic heterocycles. The van der Waals surface area contributed by atoms with Crippen LogP contribution in [0.1, 0.15) is 13.3 Å². The molecule has 3 N–H and O–H groups in total. The quantitative estimate of drug-likeness (QED) is 0.617. The first-order chi connectivity index (χ1) is 6.17. The van der Waals surface area contributed by atoms with E-state index in [0.29, 0.717) is 32.0 Å². The predicted molar refractivity (Wildman–Crippen MR) is 50.0 cm³/mol. The molecule has 1 atom stereocenters. The summed E-state index contributed by atoms with van der Waals surface area (Å²) in [7, 11) is 0. The summed E-state index contributed by atoms with van der Waals surface area (Å²) < 4.78 is 0. The maximum atomic E-state index is 11.4. The Morgan fingerprint density at radius 2 is 2.31 bits per heavy atom. The Morgan fingerprint density at radius 3 is 2.77 bits per heavy atom. The lowest BCUT2D eigenvalue weighted by Gasteiger charge is -2.38. The van der Waals surface area contributed by atoms with Crippen LogP contribution in [-0.4, -0.2) is 42.2 Å². The zero-order valence-corrected chi connectivity index (χ0v) is 8.07. The van der Waals surface area contributed by atoms with Crippen LogP contribution in [0.3, 0.4) is 0 Å². The van der Waals surface area contributed by atoms with E-state index in [0.717, 1.165) is 0 Å². The third-order valence-electron chi connectivity index (χ3n) is 2.49. The second kappa shape index (κ2) is 4.58. The molecular formula is C9H18N2O2. The van der Waals surface area contributed by atoms with Gasteiger partial charge < -0.3 is 15.7 Å². The van der Waals surface area contributed by atoms with Crippen molar-refractivity contribution < 1.29 is 9.90 Å². The van der Waals surface area contributed by atoms with E-state index in [4.69, 9.17) is 10.8 Å². The Kier molecular flexibility index (Phi) is 3.69. The van der Waals surface area contributed by atoms with Crippen LogP contribution in [0.15, 0.2) is 0 Å². The second-order valence-corrected chi connectivity index (χ2v) is 3.89. The average molecular weight is 186 g/mol. The van der Waals surface area contributed by atoms with Gasteiger partial charge in [-0.3, -0.25) is 4.79 Å². The molecule has 1 fully saturated rings. The Hall–Kier alpha value is -0.610. The van der Waals surface area contributed by atoms with Crippen molar-refractivity contribution in [3.05, 3.63) is 0 Å². The Balaban J connectivity index is 2.19. The van der Waals surface area contributed by atoms with Crippen LogP contribution in [0.5, 0.6) is 0 Å². The minimum absolute atomic E-state index is 0.169. The van der Waals surface area contributed by atoms with Crippen LogP contribution in [0, 0.1) is 11.8 Å². The highest BCUT2D eigenvalue weighted by Crippen LogP contribution is 2.17. The van der Waals surface area contributed by atoms with Gasteiger partial charge in [-0.05, 0) is 12.5 Å². The third-order valence-corrected chi connectivity index (χ3v) is 2.49. The SMILES string of the molecule is CC(CN)CC(=O)N1CC(CO)C1. The van der Waals surface area contributed by atoms with Crippen molar-refractivity contribution in [3.63, 3.8) is 0 Å². The first-order valence-corrected chi connectivity index (χ1v) is 4.76. The summed E-state index contributed by atoms with van der Waals surface area (Å²) >= 11 is 0. The monoisotopic (exact) mass is 186 g/mol. The van der Waals surface area contributed by atoms with Gasteiger partial charge in [-0.2, -0.15) is 0 Å². The number of carbonyl (C=O) groups is 1. The molecule has 1 rings (SSSR count). The Morgan fingerprint density at radius 1 is 1.69 bits per heavy atom. The number of amides is 1. The normalized spacial score (nSPS) is 19.8. The predicted octanol–water partition coefficient (Wildman–Crippen LogP) is -0.578. The molecule has 4 nitrogen and oxygen atoms in total. The van der Waals surface area contributed by atoms with Gasteiger partial charge in [-0.15, -0.1) is 0 Å². The topological polar surface area (TPSA) is 66.6 Å². The van der Waals surface area contributed by atoms with Gasteiger partial charge in [-0.1, -0.05) is 6.92 Å². The van der Waals surface area contributed by atoms with Crippen molar-refractivity contribution in [1.29, 1.82) is 0 Å². The molecule has 0 spiro atoms. The number of carbonyl (C=O) groups excluding carboxylic acids is 1. The van der Waals surface area contributed by atoms with Crippen molar-refractivity contribution in [2.24, 2.45) is 17.6 Å². The number of hydrogen-bond acceptors (Lipinski definition) is 3. The lowest BCUT2D eigenvalue weighted by atomic mass is 9.99. The molecule has 0 aromatic heterocycles. The molecule has 1 aliphatic rings. The second-order valence-electron chi connectivity index (χ2n) is 3.89. The first-order valence-electron chi connectivity index (χ1n) is 4.76. The smallest absolute Gasteiger partial charge is 0.222 e. The van der Waals surface area contributed by atoms with Gasteiger partial charge >= 0.3 is 0 Å². The lowest BCUT2D eigenvalue weighted by molar-refractivity contribution is -0.139. The van der Waals surface area contributed by atoms with Crippen molar-refractivity contribution in [2.75, 3.05) is 26.2 Å². The summed E-state index contributed by atoms with van der Waals surface area (Å²) in [5.74, 6) is 0.737. The molecule has 0 aromatic rings. The Labute approximate surface area is 78.7 Å². The van der Waals surface area contributed by atoms with Gasteiger partial charge in [0.05, 0.1) is 0 Å². The number of rotatable bonds is 4. The Bertz CT molecular complexity index is 178. The molecule has 0 radical (unpaired) electrons. The zero-order chi connectivity index (χ0) is 9.84. The summed E-state index contributed by atoms with van der Waals surface area (Å²) in [5, 5.41) is 8.76. The fourth-order valence-electron chi connectivity index (χ4n) is 1.40. The van der Waals surface area contributed by atoms with E-state index in [1.807, 2.05) is 6.92 Å². The van der Waals surface area contributed by atoms with Gasteiger partial charge in [0.1, 0.15) is 0 Å². The van der Waals surface area contributed by atoms with Gasteiger partial charge in [-0.25, -0.2) is 0 Å². The number of aliphatic hydroxyl groups excluding tert-OH is 1. The van der Waals surface area contributed by atoms with Crippen LogP contribution < -0.4 is 5.73 Å². The van der Waals surface area contributed by atoms with Gasteiger partial charge in [0.15, 0.2) is 0 Å². The molecule has 4 heteroatoms. The molecule has 13 heavy (non-hydrogen) atoms. The van der Waals surface area contributed by atoms with E-state index >= 15 is 0 Å². The highest BCUT2D eigenvalue weighted by atomic mass is 16.3.